The number of aryl methyl sites for hydroxylation is 1. The van der Waals surface area contributed by atoms with E-state index >= 15 is 0 Å². The molecule has 2 unspecified atom stereocenters. The molecule has 2 N–H and O–H groups in total. The molecule has 0 aliphatic carbocycles. The fourth-order valence-electron chi connectivity index (χ4n) is 3.24. The monoisotopic (exact) mass is 384 g/mol. The lowest BCUT2D eigenvalue weighted by Crippen LogP contribution is -2.33. The molecule has 3 rings (SSSR count). The van der Waals surface area contributed by atoms with Gasteiger partial charge in [-0.25, -0.2) is 0 Å². The lowest BCUT2D eigenvalue weighted by atomic mass is 10.1. The van der Waals surface area contributed by atoms with Crippen LogP contribution in [0.25, 0.3) is 10.4 Å². The van der Waals surface area contributed by atoms with Gasteiger partial charge in [-0.3, -0.25) is 4.79 Å². The molecule has 24 heavy (non-hydrogen) atoms. The van der Waals surface area contributed by atoms with E-state index in [9.17, 15) is 4.79 Å². The molecule has 0 saturated carbocycles. The molecule has 1 aromatic carbocycles. The summed E-state index contributed by atoms with van der Waals surface area (Å²) >= 11 is 7.63. The second-order valence-corrected chi connectivity index (χ2v) is 7.77. The summed E-state index contributed by atoms with van der Waals surface area (Å²) in [6.07, 6.45) is 0.994. The number of hydrogen-bond donors (Lipinski definition) is 1. The van der Waals surface area contributed by atoms with Gasteiger partial charge in [-0.2, -0.15) is 0 Å². The van der Waals surface area contributed by atoms with E-state index in [1.54, 1.807) is 11.3 Å². The summed E-state index contributed by atoms with van der Waals surface area (Å²) in [4.78, 5) is 16.7. The topological polar surface area (TPSA) is 46.3 Å². The second-order valence-electron chi connectivity index (χ2n) is 6.28. The zero-order chi connectivity index (χ0) is 16.6. The minimum atomic E-state index is 0. The first-order valence-electron chi connectivity index (χ1n) is 7.87. The van der Waals surface area contributed by atoms with Crippen molar-refractivity contribution in [1.82, 2.24) is 4.90 Å². The number of nitrogens with two attached hydrogens (primary N) is 1. The van der Waals surface area contributed by atoms with Crippen molar-refractivity contribution in [2.45, 2.75) is 26.3 Å². The maximum atomic E-state index is 12.9. The molecule has 1 fully saturated rings. The van der Waals surface area contributed by atoms with E-state index in [-0.39, 0.29) is 24.4 Å². The van der Waals surface area contributed by atoms with Crippen LogP contribution in [0.2, 0.25) is 5.02 Å². The second kappa shape index (κ2) is 7.87. The molecule has 130 valence electrons. The molecule has 1 amide bonds. The van der Waals surface area contributed by atoms with Crippen LogP contribution in [-0.2, 0) is 0 Å². The average molecular weight is 385 g/mol. The summed E-state index contributed by atoms with van der Waals surface area (Å²) in [5, 5.41) is 0.710. The van der Waals surface area contributed by atoms with E-state index in [4.69, 9.17) is 17.3 Å². The molecule has 1 aliphatic rings. The van der Waals surface area contributed by atoms with E-state index in [1.807, 2.05) is 42.2 Å². The highest BCUT2D eigenvalue weighted by molar-refractivity contribution is 7.17. The molecule has 0 radical (unpaired) electrons. The van der Waals surface area contributed by atoms with Gasteiger partial charge in [0.2, 0.25) is 0 Å². The maximum Gasteiger partial charge on any atom is 0.264 e. The molecular weight excluding hydrogens is 363 g/mol. The molecule has 1 saturated heterocycles. The van der Waals surface area contributed by atoms with Crippen LogP contribution in [-0.4, -0.2) is 29.9 Å². The number of halogens is 2. The number of rotatable bonds is 3. The highest BCUT2D eigenvalue weighted by Crippen LogP contribution is 2.35. The fraction of sp³-hybridized carbons (Fsp3) is 0.389. The summed E-state index contributed by atoms with van der Waals surface area (Å²) in [5.74, 6) is 0.539. The Kier molecular flexibility index (Phi) is 6.32. The Morgan fingerprint density at radius 1 is 1.42 bits per heavy atom. The molecular formula is C18H22Cl2N2OS. The number of carbonyl (C=O) groups excluding carboxylic acids is 1. The Labute approximate surface area is 158 Å². The summed E-state index contributed by atoms with van der Waals surface area (Å²) in [5.41, 5.74) is 7.94. The minimum absolute atomic E-state index is 0. The van der Waals surface area contributed by atoms with Crippen LogP contribution in [0.15, 0.2) is 30.3 Å². The molecule has 2 aromatic rings. The summed E-state index contributed by atoms with van der Waals surface area (Å²) in [6, 6.07) is 10.0. The van der Waals surface area contributed by atoms with E-state index in [1.165, 1.54) is 0 Å². The Balaban J connectivity index is 0.00000208. The predicted octanol–water partition coefficient (Wildman–Crippen LogP) is 4.61. The van der Waals surface area contributed by atoms with Crippen molar-refractivity contribution in [1.29, 1.82) is 0 Å². The van der Waals surface area contributed by atoms with Crippen LogP contribution in [0.3, 0.4) is 0 Å². The van der Waals surface area contributed by atoms with Gasteiger partial charge in [0.1, 0.15) is 0 Å². The molecule has 2 heterocycles. The number of likely N-dealkylation sites (tertiary alicyclic amines) is 1. The van der Waals surface area contributed by atoms with Crippen molar-refractivity contribution in [3.8, 4) is 10.4 Å². The molecule has 0 bridgehead atoms. The molecule has 6 heteroatoms. The number of amides is 1. The zero-order valence-corrected chi connectivity index (χ0v) is 16.2. The van der Waals surface area contributed by atoms with Crippen LogP contribution in [0.5, 0.6) is 0 Å². The van der Waals surface area contributed by atoms with Crippen molar-refractivity contribution < 1.29 is 4.79 Å². The van der Waals surface area contributed by atoms with Gasteiger partial charge < -0.3 is 10.6 Å². The maximum absolute atomic E-state index is 12.9. The molecule has 1 aromatic heterocycles. The van der Waals surface area contributed by atoms with Crippen LogP contribution in [0.1, 0.15) is 28.6 Å². The first-order chi connectivity index (χ1) is 11.0. The van der Waals surface area contributed by atoms with Gasteiger partial charge in [0.25, 0.3) is 5.91 Å². The Hall–Kier alpha value is -1.07. The Morgan fingerprint density at radius 2 is 2.17 bits per heavy atom. The van der Waals surface area contributed by atoms with Gasteiger partial charge >= 0.3 is 0 Å². The third-order valence-corrected chi connectivity index (χ3v) is 5.98. The van der Waals surface area contributed by atoms with Crippen molar-refractivity contribution in [2.75, 3.05) is 13.1 Å². The third kappa shape index (κ3) is 3.77. The first kappa shape index (κ1) is 19.3. The molecule has 2 atom stereocenters. The molecule has 0 spiro atoms. The van der Waals surface area contributed by atoms with Gasteiger partial charge in [0.05, 0.1) is 4.88 Å². The van der Waals surface area contributed by atoms with E-state index in [0.29, 0.717) is 17.5 Å². The van der Waals surface area contributed by atoms with E-state index in [2.05, 4.69) is 6.92 Å². The van der Waals surface area contributed by atoms with Crippen molar-refractivity contribution >= 4 is 41.3 Å². The summed E-state index contributed by atoms with van der Waals surface area (Å²) in [7, 11) is 0. The molecule has 3 nitrogen and oxygen atoms in total. The standard InChI is InChI=1S/C18H21ClN2OS.ClH/c1-11-6-16(18(22)21-10-13(9-20)7-12(21)2)23-17(11)14-4-3-5-15(19)8-14;/h3-6,8,12-13H,7,9-10,20H2,1-2H3;1H. The first-order valence-corrected chi connectivity index (χ1v) is 9.06. The van der Waals surface area contributed by atoms with E-state index in [0.717, 1.165) is 33.8 Å². The van der Waals surface area contributed by atoms with Crippen LogP contribution in [0.4, 0.5) is 0 Å². The average Bonchev–Trinajstić information content (AvgIpc) is 3.09. The fourth-order valence-corrected chi connectivity index (χ4v) is 4.56. The van der Waals surface area contributed by atoms with Gasteiger partial charge in [-0.15, -0.1) is 23.7 Å². The zero-order valence-electron chi connectivity index (χ0n) is 13.8. The Morgan fingerprint density at radius 3 is 2.79 bits per heavy atom. The highest BCUT2D eigenvalue weighted by atomic mass is 35.5. The van der Waals surface area contributed by atoms with Crippen molar-refractivity contribution in [2.24, 2.45) is 11.7 Å². The number of benzene rings is 1. The molecule has 1 aliphatic heterocycles. The largest absolute Gasteiger partial charge is 0.335 e. The third-order valence-electron chi connectivity index (χ3n) is 4.47. The summed E-state index contributed by atoms with van der Waals surface area (Å²) < 4.78 is 0. The van der Waals surface area contributed by atoms with Crippen LogP contribution in [0, 0.1) is 12.8 Å². The van der Waals surface area contributed by atoms with Crippen LogP contribution < -0.4 is 5.73 Å². The number of thiophene rings is 1. The number of nitrogens with zero attached hydrogens (tertiary/aromatic N) is 1. The van der Waals surface area contributed by atoms with E-state index < -0.39 is 0 Å². The predicted molar refractivity (Wildman–Crippen MR) is 104 cm³/mol. The number of hydrogen-bond acceptors (Lipinski definition) is 3. The Bertz CT molecular complexity index is 732. The minimum Gasteiger partial charge on any atom is -0.335 e. The van der Waals surface area contributed by atoms with Crippen molar-refractivity contribution in [3.05, 3.63) is 45.8 Å². The SMILES string of the molecule is Cc1cc(C(=O)N2CC(CN)CC2C)sc1-c1cccc(Cl)c1.Cl. The van der Waals surface area contributed by atoms with Crippen LogP contribution >= 0.6 is 35.3 Å². The normalized spacial score (nSPS) is 20.1. The van der Waals surface area contributed by atoms with Gasteiger partial charge in [-0.05, 0) is 62.1 Å². The quantitative estimate of drug-likeness (QED) is 0.839. The van der Waals surface area contributed by atoms with Gasteiger partial charge in [0, 0.05) is 22.5 Å². The van der Waals surface area contributed by atoms with Crippen molar-refractivity contribution in [3.63, 3.8) is 0 Å². The lowest BCUT2D eigenvalue weighted by Gasteiger charge is -2.20. The number of carbonyl (C=O) groups is 1. The summed E-state index contributed by atoms with van der Waals surface area (Å²) in [6.45, 7) is 5.55. The smallest absolute Gasteiger partial charge is 0.264 e. The highest BCUT2D eigenvalue weighted by Gasteiger charge is 2.33. The van der Waals surface area contributed by atoms with Gasteiger partial charge in [-0.1, -0.05) is 23.7 Å². The van der Waals surface area contributed by atoms with Gasteiger partial charge in [0.15, 0.2) is 0 Å². The lowest BCUT2D eigenvalue weighted by molar-refractivity contribution is 0.0748.